The minimum Gasteiger partial charge on any atom is -0.455 e. The summed E-state index contributed by atoms with van der Waals surface area (Å²) in [5.41, 5.74) is 0.00849. The van der Waals surface area contributed by atoms with Gasteiger partial charge in [0.25, 0.3) is 0 Å². The van der Waals surface area contributed by atoms with Gasteiger partial charge in [0.1, 0.15) is 17.8 Å². The number of rotatable bonds is 7. The van der Waals surface area contributed by atoms with Gasteiger partial charge in [-0.3, -0.25) is 0 Å². The fourth-order valence-electron chi connectivity index (χ4n) is 11.1. The van der Waals surface area contributed by atoms with Gasteiger partial charge in [0, 0.05) is 69.6 Å². The second kappa shape index (κ2) is 8.84. The number of carbonyl (C=O) groups excluding carboxylic acids is 1. The summed E-state index contributed by atoms with van der Waals surface area (Å²) < 4.78 is 31.1. The van der Waals surface area contributed by atoms with Crippen molar-refractivity contribution in [2.75, 3.05) is 48.6 Å². The standard InChI is InChI=1S/C31H41NO7/c1-32-15-29(16-35-2)12-11-20(36-3)31-19-14-30(34)21(37-4)13-18(23(26(31)32)24(38-5)25(29)31)22(19)27(30)39-28(33)17-9-7-6-8-10-17/h6-10,13,19-27,34H,11-12,14-16H2,1-5H3/t19-,20+,21+,22-,23+,24+,25-,26-,27-,29+,30+,31+/m1/s1. The lowest BCUT2D eigenvalue weighted by Crippen LogP contribution is -2.72. The van der Waals surface area contributed by atoms with E-state index in [1.165, 1.54) is 5.57 Å². The van der Waals surface area contributed by atoms with Crippen LogP contribution in [0.2, 0.25) is 0 Å². The zero-order valence-corrected chi connectivity index (χ0v) is 23.5. The lowest BCUT2D eigenvalue weighted by Gasteiger charge is -2.67. The van der Waals surface area contributed by atoms with Crippen LogP contribution in [0.25, 0.3) is 0 Å². The third kappa shape index (κ3) is 3.03. The Kier molecular flexibility index (Phi) is 5.92. The number of hydrogen-bond donors (Lipinski definition) is 1. The van der Waals surface area contributed by atoms with Crippen molar-refractivity contribution in [2.24, 2.45) is 34.5 Å². The third-order valence-corrected chi connectivity index (χ3v) is 11.8. The van der Waals surface area contributed by atoms with Gasteiger partial charge in [-0.1, -0.05) is 29.8 Å². The lowest BCUT2D eigenvalue weighted by atomic mass is 9.44. The van der Waals surface area contributed by atoms with Gasteiger partial charge in [-0.15, -0.1) is 0 Å². The first-order valence-corrected chi connectivity index (χ1v) is 14.3. The zero-order chi connectivity index (χ0) is 27.3. The number of hydrogen-bond acceptors (Lipinski definition) is 8. The second-order valence-corrected chi connectivity index (χ2v) is 13.0. The quantitative estimate of drug-likeness (QED) is 0.418. The number of piperidine rings is 1. The highest BCUT2D eigenvalue weighted by atomic mass is 16.6. The van der Waals surface area contributed by atoms with E-state index in [9.17, 15) is 9.90 Å². The Balaban J connectivity index is 1.42. The number of fused-ring (bicyclic) bond motifs is 2. The summed E-state index contributed by atoms with van der Waals surface area (Å²) >= 11 is 0. The molecule has 12 atom stereocenters. The molecular weight excluding hydrogens is 498 g/mol. The molecule has 0 aromatic heterocycles. The average molecular weight is 540 g/mol. The SMILES string of the molecule is COC[C@@]12CC[C@H](OC)[C@@]34[C@@H]5C[C@]6(O)[C@@H](OC)C=C([C@H]5[C@H]6OC(=O)c5ccccc5)[C@@H]([C@H](OC)[C@H]13)[C@H]4N(C)C2. The molecule has 7 rings (SSSR count). The summed E-state index contributed by atoms with van der Waals surface area (Å²) in [6, 6.07) is 9.25. The van der Waals surface area contributed by atoms with Crippen LogP contribution >= 0.6 is 0 Å². The van der Waals surface area contributed by atoms with Crippen molar-refractivity contribution in [3.63, 3.8) is 0 Å². The first-order valence-electron chi connectivity index (χ1n) is 14.3. The number of methoxy groups -OCH3 is 4. The highest BCUT2D eigenvalue weighted by molar-refractivity contribution is 5.89. The number of esters is 1. The molecule has 1 saturated heterocycles. The van der Waals surface area contributed by atoms with Crippen LogP contribution in [-0.2, 0) is 23.7 Å². The molecule has 8 heteroatoms. The molecule has 0 radical (unpaired) electrons. The fraction of sp³-hybridized carbons (Fsp3) is 0.710. The maximum atomic E-state index is 13.4. The summed E-state index contributed by atoms with van der Waals surface area (Å²) in [6.07, 6.45) is 3.26. The molecule has 1 aromatic rings. The summed E-state index contributed by atoms with van der Waals surface area (Å²) in [6.45, 7) is 1.60. The predicted molar refractivity (Wildman–Crippen MR) is 142 cm³/mol. The molecule has 6 aliphatic rings. The van der Waals surface area contributed by atoms with Gasteiger partial charge in [-0.25, -0.2) is 4.79 Å². The Bertz CT molecular complexity index is 1170. The van der Waals surface area contributed by atoms with Crippen LogP contribution in [0.15, 0.2) is 42.0 Å². The number of aliphatic hydroxyl groups is 1. The van der Waals surface area contributed by atoms with Crippen molar-refractivity contribution < 1.29 is 33.6 Å². The van der Waals surface area contributed by atoms with Gasteiger partial charge >= 0.3 is 5.97 Å². The van der Waals surface area contributed by atoms with E-state index in [2.05, 4.69) is 18.0 Å². The predicted octanol–water partition coefficient (Wildman–Crippen LogP) is 2.55. The number of benzene rings is 1. The monoisotopic (exact) mass is 539 g/mol. The summed E-state index contributed by atoms with van der Waals surface area (Å²) in [5, 5.41) is 12.4. The fourth-order valence-corrected chi connectivity index (χ4v) is 11.1. The molecule has 0 amide bonds. The minimum absolute atomic E-state index is 0.00357. The van der Waals surface area contributed by atoms with E-state index >= 15 is 0 Å². The first-order chi connectivity index (χ1) is 18.8. The molecule has 1 heterocycles. The largest absolute Gasteiger partial charge is 0.455 e. The minimum atomic E-state index is -1.33. The number of nitrogens with zero attached hydrogens (tertiary/aromatic N) is 1. The van der Waals surface area contributed by atoms with Crippen LogP contribution in [0.5, 0.6) is 0 Å². The molecular formula is C31H41NO7. The van der Waals surface area contributed by atoms with Gasteiger partial charge in [-0.2, -0.15) is 0 Å². The van der Waals surface area contributed by atoms with E-state index in [0.717, 1.165) is 19.4 Å². The van der Waals surface area contributed by atoms with Crippen LogP contribution in [0.4, 0.5) is 0 Å². The smallest absolute Gasteiger partial charge is 0.338 e. The normalized spacial score (nSPS) is 49.1. The Morgan fingerprint density at radius 1 is 1.08 bits per heavy atom. The molecule has 0 unspecified atom stereocenters. The topological polar surface area (TPSA) is 86.7 Å². The molecule has 4 saturated carbocycles. The second-order valence-electron chi connectivity index (χ2n) is 13.0. The van der Waals surface area contributed by atoms with Crippen molar-refractivity contribution in [1.82, 2.24) is 4.90 Å². The van der Waals surface area contributed by atoms with E-state index in [1.807, 2.05) is 32.4 Å². The molecule has 39 heavy (non-hydrogen) atoms. The van der Waals surface area contributed by atoms with Crippen molar-refractivity contribution in [1.29, 1.82) is 0 Å². The highest BCUT2D eigenvalue weighted by Crippen LogP contribution is 2.78. The van der Waals surface area contributed by atoms with E-state index in [1.54, 1.807) is 26.4 Å². The van der Waals surface area contributed by atoms with Gasteiger partial charge in [0.15, 0.2) is 0 Å². The Morgan fingerprint density at radius 3 is 2.51 bits per heavy atom. The van der Waals surface area contributed by atoms with Crippen molar-refractivity contribution >= 4 is 5.97 Å². The van der Waals surface area contributed by atoms with Crippen LogP contribution in [0.3, 0.4) is 0 Å². The van der Waals surface area contributed by atoms with E-state index in [4.69, 9.17) is 23.7 Å². The number of ether oxygens (including phenoxy) is 5. The van der Waals surface area contributed by atoms with Gasteiger partial charge in [-0.05, 0) is 44.4 Å². The molecule has 7 bridgehead atoms. The maximum Gasteiger partial charge on any atom is 0.338 e. The Hall–Kier alpha value is -1.81. The van der Waals surface area contributed by atoms with E-state index in [0.29, 0.717) is 18.6 Å². The Labute approximate surface area is 230 Å². The highest BCUT2D eigenvalue weighted by Gasteiger charge is 2.84. The lowest BCUT2D eigenvalue weighted by molar-refractivity contribution is -0.239. The molecule has 5 aliphatic carbocycles. The molecule has 1 N–H and O–H groups in total. The van der Waals surface area contributed by atoms with E-state index in [-0.39, 0.29) is 52.8 Å². The summed E-state index contributed by atoms with van der Waals surface area (Å²) in [4.78, 5) is 16.0. The molecule has 212 valence electrons. The van der Waals surface area contributed by atoms with Crippen LogP contribution in [-0.4, -0.2) is 101 Å². The van der Waals surface area contributed by atoms with Crippen molar-refractivity contribution in [3.05, 3.63) is 47.5 Å². The summed E-state index contributed by atoms with van der Waals surface area (Å²) in [5.74, 6) is -0.213. The molecule has 8 nitrogen and oxygen atoms in total. The van der Waals surface area contributed by atoms with Gasteiger partial charge < -0.3 is 33.7 Å². The Morgan fingerprint density at radius 2 is 1.85 bits per heavy atom. The van der Waals surface area contributed by atoms with Gasteiger partial charge in [0.2, 0.25) is 0 Å². The van der Waals surface area contributed by atoms with Crippen LogP contribution in [0, 0.1) is 34.5 Å². The average Bonchev–Trinajstić information content (AvgIpc) is 3.29. The molecule has 1 aromatic carbocycles. The first kappa shape index (κ1) is 26.1. The van der Waals surface area contributed by atoms with Crippen LogP contribution < -0.4 is 0 Å². The van der Waals surface area contributed by atoms with Gasteiger partial charge in [0.05, 0.1) is 24.4 Å². The number of likely N-dealkylation sites (tertiary alicyclic amines) is 1. The number of carbonyl (C=O) groups is 1. The summed E-state index contributed by atoms with van der Waals surface area (Å²) in [7, 11) is 9.34. The third-order valence-electron chi connectivity index (χ3n) is 11.8. The van der Waals surface area contributed by atoms with E-state index < -0.39 is 23.8 Å². The molecule has 1 aliphatic heterocycles. The zero-order valence-electron chi connectivity index (χ0n) is 23.5. The van der Waals surface area contributed by atoms with Crippen molar-refractivity contribution in [3.8, 4) is 0 Å². The maximum absolute atomic E-state index is 13.4. The molecule has 1 spiro atoms. The van der Waals surface area contributed by atoms with Crippen molar-refractivity contribution in [2.45, 2.75) is 55.3 Å². The van der Waals surface area contributed by atoms with Crippen LogP contribution in [0.1, 0.15) is 29.6 Å². The molecule has 5 fully saturated rings.